The number of furan rings is 1. The molecule has 138 valence electrons. The summed E-state index contributed by atoms with van der Waals surface area (Å²) in [6, 6.07) is 21.7. The Balaban J connectivity index is 1.51. The van der Waals surface area contributed by atoms with E-state index in [4.69, 9.17) is 4.42 Å². The average molecular weight is 372 g/mol. The van der Waals surface area contributed by atoms with Crippen LogP contribution in [0.25, 0.3) is 22.3 Å². The fourth-order valence-corrected chi connectivity index (χ4v) is 2.82. The van der Waals surface area contributed by atoms with Crippen LogP contribution in [-0.4, -0.2) is 24.0 Å². The summed E-state index contributed by atoms with van der Waals surface area (Å²) in [6.07, 6.45) is 0. The van der Waals surface area contributed by atoms with E-state index in [0.717, 1.165) is 22.3 Å². The van der Waals surface area contributed by atoms with Gasteiger partial charge in [-0.1, -0.05) is 24.3 Å². The first-order chi connectivity index (χ1) is 13.6. The summed E-state index contributed by atoms with van der Waals surface area (Å²) in [5.41, 5.74) is 2.54. The molecule has 2 aromatic carbocycles. The van der Waals surface area contributed by atoms with Crippen LogP contribution in [0.1, 0.15) is 21.0 Å². The fraction of sp³-hybridized carbons (Fsp3) is 0.0455. The number of amides is 1. The van der Waals surface area contributed by atoms with E-state index in [1.165, 1.54) is 19.2 Å². The Morgan fingerprint density at radius 1 is 0.929 bits per heavy atom. The minimum atomic E-state index is -0.593. The molecule has 4 rings (SSSR count). The number of carbonyl (C=O) groups excluding carboxylic acids is 2. The standard InChI is InChI=1S/C22H16N2O4/c1-27-22(26)18-7-4-6-17(24-18)21(25)23-16-11-9-14(10-12-16)20-13-15-5-2-3-8-19(15)28-20/h2-13H,1H3,(H,23,25). The number of ether oxygens (including phenoxy) is 1. The third-order valence-electron chi connectivity index (χ3n) is 4.23. The predicted octanol–water partition coefficient (Wildman–Crippen LogP) is 4.53. The van der Waals surface area contributed by atoms with Crippen molar-refractivity contribution >= 4 is 28.5 Å². The maximum atomic E-state index is 12.4. The number of para-hydroxylation sites is 1. The summed E-state index contributed by atoms with van der Waals surface area (Å²) in [5.74, 6) is -0.251. The summed E-state index contributed by atoms with van der Waals surface area (Å²) in [6.45, 7) is 0. The van der Waals surface area contributed by atoms with Gasteiger partial charge in [0.2, 0.25) is 0 Å². The van der Waals surface area contributed by atoms with E-state index < -0.39 is 11.9 Å². The largest absolute Gasteiger partial charge is 0.464 e. The Morgan fingerprint density at radius 3 is 2.43 bits per heavy atom. The van der Waals surface area contributed by atoms with Crippen LogP contribution in [0.5, 0.6) is 0 Å². The summed E-state index contributed by atoms with van der Waals surface area (Å²) < 4.78 is 10.5. The smallest absolute Gasteiger partial charge is 0.356 e. The Labute approximate surface area is 160 Å². The van der Waals surface area contributed by atoms with Gasteiger partial charge in [-0.05, 0) is 48.5 Å². The first-order valence-electron chi connectivity index (χ1n) is 8.60. The molecule has 0 atom stereocenters. The summed E-state index contributed by atoms with van der Waals surface area (Å²) in [4.78, 5) is 28.0. The predicted molar refractivity (Wildman–Crippen MR) is 105 cm³/mol. The number of nitrogens with zero attached hydrogens (tertiary/aromatic N) is 1. The van der Waals surface area contributed by atoms with Crippen molar-refractivity contribution in [1.82, 2.24) is 4.98 Å². The number of rotatable bonds is 4. The number of anilines is 1. The Morgan fingerprint density at radius 2 is 1.68 bits per heavy atom. The van der Waals surface area contributed by atoms with Gasteiger partial charge in [0.05, 0.1) is 7.11 Å². The molecular weight excluding hydrogens is 356 g/mol. The van der Waals surface area contributed by atoms with Crippen molar-refractivity contribution in [1.29, 1.82) is 0 Å². The van der Waals surface area contributed by atoms with Gasteiger partial charge in [-0.3, -0.25) is 4.79 Å². The average Bonchev–Trinajstić information content (AvgIpc) is 3.18. The number of carbonyl (C=O) groups is 2. The molecule has 4 aromatic rings. The summed E-state index contributed by atoms with van der Waals surface area (Å²) >= 11 is 0. The van der Waals surface area contributed by atoms with E-state index in [1.807, 2.05) is 42.5 Å². The number of hydrogen-bond acceptors (Lipinski definition) is 5. The van der Waals surface area contributed by atoms with E-state index in [2.05, 4.69) is 15.0 Å². The molecule has 0 fully saturated rings. The van der Waals surface area contributed by atoms with E-state index in [9.17, 15) is 9.59 Å². The Kier molecular flexibility index (Phi) is 4.60. The van der Waals surface area contributed by atoms with Crippen molar-refractivity contribution in [2.75, 3.05) is 12.4 Å². The lowest BCUT2D eigenvalue weighted by Gasteiger charge is -2.06. The lowest BCUT2D eigenvalue weighted by atomic mass is 10.1. The van der Waals surface area contributed by atoms with Gasteiger partial charge in [-0.25, -0.2) is 9.78 Å². The zero-order valence-electron chi connectivity index (χ0n) is 15.0. The van der Waals surface area contributed by atoms with Crippen LogP contribution in [0.4, 0.5) is 5.69 Å². The van der Waals surface area contributed by atoms with Crippen molar-refractivity contribution in [3.05, 3.63) is 84.2 Å². The quantitative estimate of drug-likeness (QED) is 0.532. The highest BCUT2D eigenvalue weighted by atomic mass is 16.5. The van der Waals surface area contributed by atoms with Gasteiger partial charge in [-0.2, -0.15) is 0 Å². The van der Waals surface area contributed by atoms with Gasteiger partial charge in [0.1, 0.15) is 22.7 Å². The molecule has 0 bridgehead atoms. The number of hydrogen-bond donors (Lipinski definition) is 1. The number of benzene rings is 2. The van der Waals surface area contributed by atoms with Crippen molar-refractivity contribution in [2.45, 2.75) is 0 Å². The number of pyridine rings is 1. The van der Waals surface area contributed by atoms with Crippen LogP contribution in [-0.2, 0) is 4.74 Å². The molecule has 6 nitrogen and oxygen atoms in total. The van der Waals surface area contributed by atoms with Crippen molar-refractivity contribution < 1.29 is 18.7 Å². The Hall–Kier alpha value is -3.93. The van der Waals surface area contributed by atoms with Gasteiger partial charge in [-0.15, -0.1) is 0 Å². The monoisotopic (exact) mass is 372 g/mol. The first-order valence-corrected chi connectivity index (χ1v) is 8.60. The number of esters is 1. The van der Waals surface area contributed by atoms with Crippen LogP contribution >= 0.6 is 0 Å². The molecule has 0 saturated heterocycles. The van der Waals surface area contributed by atoms with Crippen LogP contribution in [0.2, 0.25) is 0 Å². The van der Waals surface area contributed by atoms with Crippen LogP contribution in [0, 0.1) is 0 Å². The second-order valence-corrected chi connectivity index (χ2v) is 6.08. The maximum Gasteiger partial charge on any atom is 0.356 e. The molecule has 2 aromatic heterocycles. The molecule has 0 spiro atoms. The third-order valence-corrected chi connectivity index (χ3v) is 4.23. The van der Waals surface area contributed by atoms with Crippen molar-refractivity contribution in [2.24, 2.45) is 0 Å². The number of methoxy groups -OCH3 is 1. The highest BCUT2D eigenvalue weighted by Gasteiger charge is 2.13. The molecule has 1 N–H and O–H groups in total. The highest BCUT2D eigenvalue weighted by molar-refractivity contribution is 6.03. The van der Waals surface area contributed by atoms with Crippen LogP contribution < -0.4 is 5.32 Å². The molecule has 0 aliphatic rings. The van der Waals surface area contributed by atoms with Crippen molar-refractivity contribution in [3.63, 3.8) is 0 Å². The van der Waals surface area contributed by atoms with Gasteiger partial charge in [0, 0.05) is 16.6 Å². The number of aromatic nitrogens is 1. The highest BCUT2D eigenvalue weighted by Crippen LogP contribution is 2.28. The zero-order valence-corrected chi connectivity index (χ0v) is 15.0. The molecular formula is C22H16N2O4. The van der Waals surface area contributed by atoms with Gasteiger partial charge in [0.15, 0.2) is 0 Å². The van der Waals surface area contributed by atoms with E-state index in [0.29, 0.717) is 5.69 Å². The van der Waals surface area contributed by atoms with Gasteiger partial charge >= 0.3 is 5.97 Å². The first kappa shape index (κ1) is 17.5. The molecule has 6 heteroatoms. The maximum absolute atomic E-state index is 12.4. The molecule has 2 heterocycles. The molecule has 28 heavy (non-hydrogen) atoms. The van der Waals surface area contributed by atoms with E-state index in [-0.39, 0.29) is 11.4 Å². The summed E-state index contributed by atoms with van der Waals surface area (Å²) in [7, 11) is 1.26. The molecule has 0 saturated carbocycles. The van der Waals surface area contributed by atoms with E-state index in [1.54, 1.807) is 18.2 Å². The van der Waals surface area contributed by atoms with Gasteiger partial charge < -0.3 is 14.5 Å². The lowest BCUT2D eigenvalue weighted by molar-refractivity contribution is 0.0594. The molecule has 0 radical (unpaired) electrons. The van der Waals surface area contributed by atoms with Crippen molar-refractivity contribution in [3.8, 4) is 11.3 Å². The lowest BCUT2D eigenvalue weighted by Crippen LogP contribution is -2.15. The zero-order chi connectivity index (χ0) is 19.5. The molecule has 0 unspecified atom stereocenters. The normalized spacial score (nSPS) is 10.6. The minimum Gasteiger partial charge on any atom is -0.464 e. The second kappa shape index (κ2) is 7.36. The summed E-state index contributed by atoms with van der Waals surface area (Å²) in [5, 5.41) is 3.80. The molecule has 0 aliphatic heterocycles. The number of fused-ring (bicyclic) bond motifs is 1. The third kappa shape index (κ3) is 3.48. The second-order valence-electron chi connectivity index (χ2n) is 6.08. The minimum absolute atomic E-state index is 0.0791. The van der Waals surface area contributed by atoms with Crippen LogP contribution in [0.3, 0.4) is 0 Å². The SMILES string of the molecule is COC(=O)c1cccc(C(=O)Nc2ccc(-c3cc4ccccc4o3)cc2)n1. The van der Waals surface area contributed by atoms with E-state index >= 15 is 0 Å². The molecule has 0 aliphatic carbocycles. The molecule has 1 amide bonds. The fourth-order valence-electron chi connectivity index (χ4n) is 2.82. The number of nitrogens with one attached hydrogen (secondary N) is 1. The Bertz CT molecular complexity index is 1130. The van der Waals surface area contributed by atoms with Crippen LogP contribution in [0.15, 0.2) is 77.2 Å². The van der Waals surface area contributed by atoms with Gasteiger partial charge in [0.25, 0.3) is 5.91 Å². The topological polar surface area (TPSA) is 81.4 Å².